The van der Waals surface area contributed by atoms with E-state index in [-0.39, 0.29) is 5.54 Å². The first kappa shape index (κ1) is 12.2. The molecular formula is C13H19N3S. The van der Waals surface area contributed by atoms with Crippen molar-refractivity contribution in [3.63, 3.8) is 0 Å². The zero-order valence-corrected chi connectivity index (χ0v) is 11.2. The summed E-state index contributed by atoms with van der Waals surface area (Å²) >= 11 is 5.10. The van der Waals surface area contributed by atoms with Crippen molar-refractivity contribution in [2.75, 3.05) is 24.5 Å². The van der Waals surface area contributed by atoms with Crippen molar-refractivity contribution in [1.82, 2.24) is 4.90 Å². The van der Waals surface area contributed by atoms with E-state index in [0.29, 0.717) is 5.11 Å². The average molecular weight is 249 g/mol. The third-order valence-electron chi connectivity index (χ3n) is 3.29. The molecule has 17 heavy (non-hydrogen) atoms. The number of thiocarbonyl (C=S) groups is 1. The van der Waals surface area contributed by atoms with Crippen LogP contribution in [0.4, 0.5) is 5.69 Å². The molecule has 0 amide bonds. The molecule has 0 atom stereocenters. The molecule has 3 nitrogen and oxygen atoms in total. The van der Waals surface area contributed by atoms with Crippen LogP contribution in [0.2, 0.25) is 0 Å². The summed E-state index contributed by atoms with van der Waals surface area (Å²) in [5.74, 6) is 0. The van der Waals surface area contributed by atoms with Gasteiger partial charge in [0.05, 0.1) is 5.54 Å². The summed E-state index contributed by atoms with van der Waals surface area (Å²) in [6.45, 7) is 7.15. The fourth-order valence-corrected chi connectivity index (χ4v) is 2.76. The van der Waals surface area contributed by atoms with Crippen molar-refractivity contribution < 1.29 is 0 Å². The van der Waals surface area contributed by atoms with Gasteiger partial charge in [-0.15, -0.1) is 0 Å². The predicted octanol–water partition coefficient (Wildman–Crippen LogP) is 1.83. The van der Waals surface area contributed by atoms with Gasteiger partial charge in [-0.05, 0) is 38.2 Å². The molecule has 1 aromatic carbocycles. The minimum absolute atomic E-state index is 0.0140. The zero-order valence-electron chi connectivity index (χ0n) is 10.4. The molecule has 0 saturated carbocycles. The third-order valence-corrected chi connectivity index (χ3v) is 3.51. The minimum Gasteiger partial charge on any atom is -0.376 e. The van der Waals surface area contributed by atoms with Crippen LogP contribution in [0.3, 0.4) is 0 Å². The molecule has 1 aliphatic rings. The molecule has 2 N–H and O–H groups in total. The summed E-state index contributed by atoms with van der Waals surface area (Å²) in [7, 11) is 0. The maximum absolute atomic E-state index is 5.77. The van der Waals surface area contributed by atoms with E-state index in [1.165, 1.54) is 5.69 Å². The molecular weight excluding hydrogens is 230 g/mol. The molecule has 0 spiro atoms. The Kier molecular flexibility index (Phi) is 3.24. The topological polar surface area (TPSA) is 32.5 Å². The second-order valence-electron chi connectivity index (χ2n) is 5.06. The summed E-state index contributed by atoms with van der Waals surface area (Å²) in [5, 5.41) is 0.503. The molecule has 1 aliphatic heterocycles. The lowest BCUT2D eigenvalue weighted by molar-refractivity contribution is 0.194. The number of rotatable bonds is 1. The highest BCUT2D eigenvalue weighted by atomic mass is 32.1. The van der Waals surface area contributed by atoms with Gasteiger partial charge in [0.25, 0.3) is 0 Å². The van der Waals surface area contributed by atoms with E-state index in [9.17, 15) is 0 Å². The van der Waals surface area contributed by atoms with Crippen molar-refractivity contribution in [2.24, 2.45) is 5.73 Å². The van der Waals surface area contributed by atoms with Crippen LogP contribution in [0, 0.1) is 0 Å². The highest BCUT2D eigenvalue weighted by molar-refractivity contribution is 7.80. The molecule has 0 unspecified atom stereocenters. The average Bonchev–Trinajstić information content (AvgIpc) is 2.28. The number of piperazine rings is 1. The fourth-order valence-electron chi connectivity index (χ4n) is 2.42. The van der Waals surface area contributed by atoms with Gasteiger partial charge >= 0.3 is 0 Å². The van der Waals surface area contributed by atoms with Crippen LogP contribution in [0.5, 0.6) is 0 Å². The molecule has 0 aromatic heterocycles. The molecule has 4 heteroatoms. The number of nitrogens with zero attached hydrogens (tertiary/aromatic N) is 2. The number of hydrogen-bond acceptors (Lipinski definition) is 2. The Bertz CT molecular complexity index is 402. The quantitative estimate of drug-likeness (QED) is 0.770. The van der Waals surface area contributed by atoms with E-state index in [1.54, 1.807) is 0 Å². The SMILES string of the molecule is CC1(C)CN(c2ccccc2)CCN1C(N)=S. The van der Waals surface area contributed by atoms with Crippen molar-refractivity contribution in [3.8, 4) is 0 Å². The standard InChI is InChI=1S/C13H19N3S/c1-13(2)10-15(8-9-16(13)12(14)17)11-6-4-3-5-7-11/h3-7H,8-10H2,1-2H3,(H2,14,17). The molecule has 92 valence electrons. The van der Waals surface area contributed by atoms with Gasteiger partial charge in [-0.1, -0.05) is 18.2 Å². The van der Waals surface area contributed by atoms with Crippen LogP contribution in [-0.4, -0.2) is 35.2 Å². The van der Waals surface area contributed by atoms with E-state index < -0.39 is 0 Å². The van der Waals surface area contributed by atoms with E-state index in [2.05, 4.69) is 47.9 Å². The Morgan fingerprint density at radius 1 is 1.24 bits per heavy atom. The summed E-state index contributed by atoms with van der Waals surface area (Å²) in [5.41, 5.74) is 7.02. The highest BCUT2D eigenvalue weighted by Crippen LogP contribution is 2.25. The monoisotopic (exact) mass is 249 g/mol. The van der Waals surface area contributed by atoms with E-state index >= 15 is 0 Å². The van der Waals surface area contributed by atoms with Crippen LogP contribution >= 0.6 is 12.2 Å². The van der Waals surface area contributed by atoms with Crippen LogP contribution in [0.1, 0.15) is 13.8 Å². The van der Waals surface area contributed by atoms with Crippen LogP contribution < -0.4 is 10.6 Å². The lowest BCUT2D eigenvalue weighted by Gasteiger charge is -2.48. The number of para-hydroxylation sites is 1. The Balaban J connectivity index is 2.15. The normalized spacial score (nSPS) is 19.2. The Morgan fingerprint density at radius 3 is 2.41 bits per heavy atom. The summed E-state index contributed by atoms with van der Waals surface area (Å²) in [6, 6.07) is 10.5. The number of hydrogen-bond donors (Lipinski definition) is 1. The second-order valence-corrected chi connectivity index (χ2v) is 5.48. The summed E-state index contributed by atoms with van der Waals surface area (Å²) in [6.07, 6.45) is 0. The zero-order chi connectivity index (χ0) is 12.5. The number of anilines is 1. The number of nitrogens with two attached hydrogens (primary N) is 1. The molecule has 1 heterocycles. The fraction of sp³-hybridized carbons (Fsp3) is 0.462. The first-order valence-electron chi connectivity index (χ1n) is 5.88. The van der Waals surface area contributed by atoms with E-state index in [4.69, 9.17) is 18.0 Å². The van der Waals surface area contributed by atoms with Gasteiger partial charge in [0, 0.05) is 25.3 Å². The van der Waals surface area contributed by atoms with Crippen LogP contribution in [-0.2, 0) is 0 Å². The van der Waals surface area contributed by atoms with Gasteiger partial charge in [-0.3, -0.25) is 0 Å². The predicted molar refractivity (Wildman–Crippen MR) is 76.2 cm³/mol. The molecule has 1 aromatic rings. The van der Waals surface area contributed by atoms with E-state index in [0.717, 1.165) is 19.6 Å². The van der Waals surface area contributed by atoms with Crippen LogP contribution in [0.15, 0.2) is 30.3 Å². The van der Waals surface area contributed by atoms with Crippen molar-refractivity contribution in [3.05, 3.63) is 30.3 Å². The molecule has 0 radical (unpaired) electrons. The Labute approximate surface area is 108 Å². The van der Waals surface area contributed by atoms with Crippen LogP contribution in [0.25, 0.3) is 0 Å². The smallest absolute Gasteiger partial charge is 0.166 e. The number of benzene rings is 1. The van der Waals surface area contributed by atoms with Gasteiger partial charge in [-0.25, -0.2) is 0 Å². The largest absolute Gasteiger partial charge is 0.376 e. The third kappa shape index (κ3) is 2.52. The van der Waals surface area contributed by atoms with Gasteiger partial charge in [0.15, 0.2) is 5.11 Å². The van der Waals surface area contributed by atoms with E-state index in [1.807, 2.05) is 6.07 Å². The molecule has 1 fully saturated rings. The maximum Gasteiger partial charge on any atom is 0.166 e. The minimum atomic E-state index is -0.0140. The maximum atomic E-state index is 5.77. The molecule has 0 bridgehead atoms. The summed E-state index contributed by atoms with van der Waals surface area (Å²) < 4.78 is 0. The first-order valence-corrected chi connectivity index (χ1v) is 6.28. The van der Waals surface area contributed by atoms with Gasteiger partial charge in [0.2, 0.25) is 0 Å². The first-order chi connectivity index (χ1) is 8.00. The molecule has 2 rings (SSSR count). The lowest BCUT2D eigenvalue weighted by atomic mass is 9.99. The molecule has 1 saturated heterocycles. The Morgan fingerprint density at radius 2 is 1.88 bits per heavy atom. The van der Waals surface area contributed by atoms with Crippen molar-refractivity contribution in [2.45, 2.75) is 19.4 Å². The molecule has 0 aliphatic carbocycles. The van der Waals surface area contributed by atoms with Crippen molar-refractivity contribution >= 4 is 23.0 Å². The lowest BCUT2D eigenvalue weighted by Crippen LogP contribution is -2.62. The van der Waals surface area contributed by atoms with Crippen molar-refractivity contribution in [1.29, 1.82) is 0 Å². The van der Waals surface area contributed by atoms with Gasteiger partial charge in [0.1, 0.15) is 0 Å². The summed E-state index contributed by atoms with van der Waals surface area (Å²) in [4.78, 5) is 4.50. The second kappa shape index (κ2) is 4.53. The van der Waals surface area contributed by atoms with Gasteiger partial charge in [-0.2, -0.15) is 0 Å². The van der Waals surface area contributed by atoms with Gasteiger partial charge < -0.3 is 15.5 Å². The Hall–Kier alpha value is -1.29. The highest BCUT2D eigenvalue weighted by Gasteiger charge is 2.34.